The molecule has 4 heterocycles. The minimum Gasteiger partial charge on any atom is -0.328 e. The first-order chi connectivity index (χ1) is 16.1. The van der Waals surface area contributed by atoms with Crippen LogP contribution in [0.3, 0.4) is 0 Å². The highest BCUT2D eigenvalue weighted by molar-refractivity contribution is 6.42. The molecule has 0 N–H and O–H groups in total. The minimum atomic E-state index is 0.503. The van der Waals surface area contributed by atoms with Crippen LogP contribution in [0.5, 0.6) is 0 Å². The monoisotopic (exact) mass is 474 g/mol. The van der Waals surface area contributed by atoms with E-state index in [0.29, 0.717) is 16.5 Å². The average molecular weight is 475 g/mol. The van der Waals surface area contributed by atoms with Crippen molar-refractivity contribution in [3.05, 3.63) is 76.3 Å². The molecule has 164 valence electrons. The molecule has 6 rings (SSSR count). The van der Waals surface area contributed by atoms with Gasteiger partial charge in [-0.25, -0.2) is 4.98 Å². The molecule has 33 heavy (non-hydrogen) atoms. The first-order valence-corrected chi connectivity index (χ1v) is 11.6. The fourth-order valence-electron chi connectivity index (χ4n) is 4.58. The third-order valence-electron chi connectivity index (χ3n) is 6.12. The Bertz CT molecular complexity index is 1450. The fourth-order valence-corrected chi connectivity index (χ4v) is 4.89. The number of aliphatic imine (C=N–C) groups is 2. The number of anilines is 1. The van der Waals surface area contributed by atoms with Crippen molar-refractivity contribution in [2.24, 2.45) is 9.98 Å². The lowest BCUT2D eigenvalue weighted by Gasteiger charge is -2.29. The fraction of sp³-hybridized carbons (Fsp3) is 0.200. The Morgan fingerprint density at radius 3 is 2.67 bits per heavy atom. The van der Waals surface area contributed by atoms with Crippen LogP contribution < -0.4 is 4.90 Å². The van der Waals surface area contributed by atoms with E-state index in [1.165, 1.54) is 0 Å². The van der Waals surface area contributed by atoms with Crippen molar-refractivity contribution in [2.45, 2.75) is 19.8 Å². The van der Waals surface area contributed by atoms with Crippen molar-refractivity contribution in [1.29, 1.82) is 0 Å². The van der Waals surface area contributed by atoms with Gasteiger partial charge < -0.3 is 4.90 Å². The van der Waals surface area contributed by atoms with Gasteiger partial charge in [0.05, 0.1) is 38.8 Å². The topological polar surface area (TPSA) is 58.7 Å². The number of aromatic nitrogens is 3. The van der Waals surface area contributed by atoms with Crippen molar-refractivity contribution in [1.82, 2.24) is 14.5 Å². The number of aryl methyl sites for hydroxylation is 1. The van der Waals surface area contributed by atoms with E-state index < -0.39 is 0 Å². The quantitative estimate of drug-likeness (QED) is 0.349. The van der Waals surface area contributed by atoms with E-state index in [1.54, 1.807) is 12.4 Å². The summed E-state index contributed by atoms with van der Waals surface area (Å²) in [5.74, 6) is 1.94. The molecule has 0 amide bonds. The molecule has 2 aromatic carbocycles. The Morgan fingerprint density at radius 1 is 1.00 bits per heavy atom. The summed E-state index contributed by atoms with van der Waals surface area (Å²) >= 11 is 12.7. The average Bonchev–Trinajstić information content (AvgIpc) is 3.08. The van der Waals surface area contributed by atoms with Gasteiger partial charge in [-0.15, -0.1) is 0 Å². The highest BCUT2D eigenvalue weighted by Crippen LogP contribution is 2.40. The van der Waals surface area contributed by atoms with Crippen molar-refractivity contribution < 1.29 is 0 Å². The number of halogens is 2. The number of hydrogen-bond donors (Lipinski definition) is 0. The largest absolute Gasteiger partial charge is 0.328 e. The summed E-state index contributed by atoms with van der Waals surface area (Å²) in [5.41, 5.74) is 6.76. The highest BCUT2D eigenvalue weighted by atomic mass is 35.5. The van der Waals surface area contributed by atoms with Gasteiger partial charge in [0.1, 0.15) is 17.2 Å². The molecule has 0 bridgehead atoms. The van der Waals surface area contributed by atoms with Crippen LogP contribution in [0.1, 0.15) is 24.2 Å². The van der Waals surface area contributed by atoms with E-state index in [2.05, 4.69) is 43.7 Å². The van der Waals surface area contributed by atoms with Gasteiger partial charge in [-0.05, 0) is 49.2 Å². The molecule has 0 aliphatic carbocycles. The standard InChI is InChI=1S/C25H20Cl2N6/c1-15-30-22-14-28-9-7-23(22)33(15)17-5-3-16(4-6-17)20-13-25-29-8-2-10-32(25)24-12-19(27)18(26)11-21(24)31-20/h3-7,9,11-12,14H,2,8,10,13H2,1H3. The van der Waals surface area contributed by atoms with E-state index in [9.17, 15) is 0 Å². The third-order valence-corrected chi connectivity index (χ3v) is 6.84. The molecule has 0 saturated carbocycles. The normalized spacial score (nSPS) is 15.5. The molecule has 0 spiro atoms. The summed E-state index contributed by atoms with van der Waals surface area (Å²) < 4.78 is 2.14. The maximum Gasteiger partial charge on any atom is 0.111 e. The molecule has 2 aliphatic heterocycles. The number of hydrogen-bond acceptors (Lipinski definition) is 5. The lowest BCUT2D eigenvalue weighted by atomic mass is 10.1. The Hall–Kier alpha value is -3.22. The predicted molar refractivity (Wildman–Crippen MR) is 135 cm³/mol. The smallest absolute Gasteiger partial charge is 0.111 e. The summed E-state index contributed by atoms with van der Waals surface area (Å²) in [6.07, 6.45) is 5.24. The van der Waals surface area contributed by atoms with Crippen LogP contribution >= 0.6 is 23.2 Å². The first kappa shape index (κ1) is 20.4. The van der Waals surface area contributed by atoms with E-state index >= 15 is 0 Å². The molecular weight excluding hydrogens is 455 g/mol. The third kappa shape index (κ3) is 3.50. The summed E-state index contributed by atoms with van der Waals surface area (Å²) in [7, 11) is 0. The van der Waals surface area contributed by atoms with Crippen LogP contribution in [0, 0.1) is 6.92 Å². The van der Waals surface area contributed by atoms with Gasteiger partial charge in [0.15, 0.2) is 0 Å². The number of benzene rings is 2. The SMILES string of the molecule is Cc1nc2cnccc2n1-c1ccc(C2=Nc3cc(Cl)c(Cl)cc3N3CCCN=C3C2)cc1. The lowest BCUT2D eigenvalue weighted by molar-refractivity contribution is 0.785. The molecule has 8 heteroatoms. The van der Waals surface area contributed by atoms with Gasteiger partial charge in [-0.3, -0.25) is 19.5 Å². The summed E-state index contributed by atoms with van der Waals surface area (Å²) in [6, 6.07) is 14.2. The van der Waals surface area contributed by atoms with Crippen LogP contribution in [0.15, 0.2) is 64.8 Å². The highest BCUT2D eigenvalue weighted by Gasteiger charge is 2.26. The molecule has 2 aromatic heterocycles. The van der Waals surface area contributed by atoms with Gasteiger partial charge in [0.25, 0.3) is 0 Å². The minimum absolute atomic E-state index is 0.503. The lowest BCUT2D eigenvalue weighted by Crippen LogP contribution is -2.36. The summed E-state index contributed by atoms with van der Waals surface area (Å²) in [6.45, 7) is 3.73. The number of pyridine rings is 1. The number of rotatable bonds is 2. The van der Waals surface area contributed by atoms with Crippen molar-refractivity contribution in [2.75, 3.05) is 18.0 Å². The predicted octanol–water partition coefficient (Wildman–Crippen LogP) is 6.17. The molecule has 0 saturated heterocycles. The van der Waals surface area contributed by atoms with Crippen LogP contribution in [-0.2, 0) is 0 Å². The summed E-state index contributed by atoms with van der Waals surface area (Å²) in [4.78, 5) is 20.9. The van der Waals surface area contributed by atoms with Crippen LogP contribution in [-0.4, -0.2) is 39.2 Å². The van der Waals surface area contributed by atoms with E-state index in [4.69, 9.17) is 33.2 Å². The number of imidazole rings is 1. The van der Waals surface area contributed by atoms with Crippen LogP contribution in [0.4, 0.5) is 11.4 Å². The second-order valence-corrected chi connectivity index (χ2v) is 9.01. The van der Waals surface area contributed by atoms with Gasteiger partial charge in [-0.1, -0.05) is 35.3 Å². The van der Waals surface area contributed by atoms with E-state index in [1.807, 2.05) is 25.1 Å². The molecule has 2 aliphatic rings. The van der Waals surface area contributed by atoms with Crippen LogP contribution in [0.2, 0.25) is 10.0 Å². The van der Waals surface area contributed by atoms with E-state index in [0.717, 1.165) is 70.5 Å². The zero-order valence-corrected chi connectivity index (χ0v) is 19.5. The van der Waals surface area contributed by atoms with Crippen molar-refractivity contribution >= 4 is 57.2 Å². The molecule has 0 radical (unpaired) electrons. The molecule has 0 atom stereocenters. The Labute approximate surface area is 201 Å². The second kappa shape index (κ2) is 7.97. The van der Waals surface area contributed by atoms with Crippen molar-refractivity contribution in [3.63, 3.8) is 0 Å². The number of nitrogens with zero attached hydrogens (tertiary/aromatic N) is 6. The first-order valence-electron chi connectivity index (χ1n) is 10.9. The number of fused-ring (bicyclic) bond motifs is 4. The van der Waals surface area contributed by atoms with Gasteiger partial charge in [0, 0.05) is 31.4 Å². The molecule has 0 unspecified atom stereocenters. The van der Waals surface area contributed by atoms with Crippen LogP contribution in [0.25, 0.3) is 16.7 Å². The van der Waals surface area contributed by atoms with Gasteiger partial charge in [0.2, 0.25) is 0 Å². The Kier molecular flexibility index (Phi) is 4.93. The van der Waals surface area contributed by atoms with E-state index in [-0.39, 0.29) is 0 Å². The number of amidine groups is 1. The maximum absolute atomic E-state index is 6.35. The second-order valence-electron chi connectivity index (χ2n) is 8.20. The Balaban J connectivity index is 1.44. The van der Waals surface area contributed by atoms with Crippen molar-refractivity contribution in [3.8, 4) is 5.69 Å². The zero-order chi connectivity index (χ0) is 22.5. The zero-order valence-electron chi connectivity index (χ0n) is 18.0. The van der Waals surface area contributed by atoms with Gasteiger partial charge in [-0.2, -0.15) is 0 Å². The summed E-state index contributed by atoms with van der Waals surface area (Å²) in [5, 5.41) is 1.03. The maximum atomic E-state index is 6.35. The molecule has 6 nitrogen and oxygen atoms in total. The molecular formula is C25H20Cl2N6. The Morgan fingerprint density at radius 2 is 1.82 bits per heavy atom. The molecule has 4 aromatic rings. The molecule has 0 fully saturated rings. The van der Waals surface area contributed by atoms with Gasteiger partial charge >= 0.3 is 0 Å².